The molecule has 0 aliphatic carbocycles. The lowest BCUT2D eigenvalue weighted by molar-refractivity contribution is -0.142. The quantitative estimate of drug-likeness (QED) is 0.279. The molecule has 2 rings (SSSR count). The molecule has 10 heteroatoms. The smallest absolute Gasteiger partial charge is 0.344 e. The van der Waals surface area contributed by atoms with Gasteiger partial charge < -0.3 is 31.0 Å². The van der Waals surface area contributed by atoms with Crippen molar-refractivity contribution in [3.05, 3.63) is 59.1 Å². The van der Waals surface area contributed by atoms with Gasteiger partial charge in [-0.25, -0.2) is 9.59 Å². The number of hydrogen-bond acceptors (Lipinski definition) is 5. The van der Waals surface area contributed by atoms with Crippen molar-refractivity contribution in [2.24, 2.45) is 10.9 Å². The summed E-state index contributed by atoms with van der Waals surface area (Å²) in [5.41, 5.74) is 7.30. The lowest BCUT2D eigenvalue weighted by Gasteiger charge is -2.19. The van der Waals surface area contributed by atoms with Crippen LogP contribution in [0.25, 0.3) is 0 Å². The van der Waals surface area contributed by atoms with Gasteiger partial charge in [0.25, 0.3) is 0 Å². The van der Waals surface area contributed by atoms with E-state index in [0.717, 1.165) is 5.56 Å². The fourth-order valence-electron chi connectivity index (χ4n) is 2.31. The average Bonchev–Trinajstić information content (AvgIpc) is 2.69. The molecule has 9 nitrogen and oxygen atoms in total. The molecule has 0 heterocycles. The largest absolute Gasteiger partial charge is 0.497 e. The van der Waals surface area contributed by atoms with Crippen LogP contribution in [0.15, 0.2) is 53.7 Å². The minimum atomic E-state index is -1.19. The first-order valence-corrected chi connectivity index (χ1v) is 8.88. The lowest BCUT2D eigenvalue weighted by Crippen LogP contribution is -2.47. The van der Waals surface area contributed by atoms with Crippen LogP contribution in [0.5, 0.6) is 5.75 Å². The number of urea groups is 1. The predicted molar refractivity (Wildman–Crippen MR) is 109 cm³/mol. The maximum absolute atomic E-state index is 12.4. The van der Waals surface area contributed by atoms with Crippen LogP contribution in [-0.2, 0) is 16.1 Å². The third kappa shape index (κ3) is 7.59. The molecule has 1 atom stereocenters. The molecule has 0 saturated carbocycles. The number of carbonyl (C=O) groups is 2. The minimum Gasteiger partial charge on any atom is -0.497 e. The zero-order chi connectivity index (χ0) is 21.2. The standard InChI is InChI=1S/C19H21ClN4O5/c1-28-15-8-2-12(3-9-15)10-16(18(21)24-29-11-17(25)26)23-19(27)22-14-6-4-13(20)5-7-14/h2-9,16H,10-11H2,1H3,(H2,21,24)(H,25,26)(H2,22,23,27). The van der Waals surface area contributed by atoms with Crippen molar-refractivity contribution in [2.45, 2.75) is 12.5 Å². The Morgan fingerprint density at radius 3 is 2.41 bits per heavy atom. The monoisotopic (exact) mass is 420 g/mol. The number of nitrogens with zero attached hydrogens (tertiary/aromatic N) is 1. The number of hydrogen-bond donors (Lipinski definition) is 4. The van der Waals surface area contributed by atoms with E-state index in [-0.39, 0.29) is 5.84 Å². The minimum absolute atomic E-state index is 0.0756. The third-order valence-electron chi connectivity index (χ3n) is 3.72. The highest BCUT2D eigenvalue weighted by atomic mass is 35.5. The van der Waals surface area contributed by atoms with Gasteiger partial charge in [0.05, 0.1) is 13.2 Å². The molecule has 0 aliphatic rings. The number of rotatable bonds is 9. The van der Waals surface area contributed by atoms with Crippen molar-refractivity contribution in [1.82, 2.24) is 5.32 Å². The van der Waals surface area contributed by atoms with Crippen molar-refractivity contribution in [3.8, 4) is 5.75 Å². The van der Waals surface area contributed by atoms with Crippen LogP contribution in [0.1, 0.15) is 5.56 Å². The fraction of sp³-hybridized carbons (Fsp3) is 0.211. The summed E-state index contributed by atoms with van der Waals surface area (Å²) in [5, 5.41) is 18.1. The molecular formula is C19H21ClN4O5. The first-order valence-electron chi connectivity index (χ1n) is 8.50. The highest BCUT2D eigenvalue weighted by Gasteiger charge is 2.18. The van der Waals surface area contributed by atoms with E-state index in [9.17, 15) is 9.59 Å². The van der Waals surface area contributed by atoms with Crippen LogP contribution < -0.4 is 21.1 Å². The molecule has 0 fully saturated rings. The van der Waals surface area contributed by atoms with Crippen LogP contribution in [0.3, 0.4) is 0 Å². The van der Waals surface area contributed by atoms with E-state index in [4.69, 9.17) is 27.2 Å². The highest BCUT2D eigenvalue weighted by Crippen LogP contribution is 2.14. The summed E-state index contributed by atoms with van der Waals surface area (Å²) in [6.07, 6.45) is 0.295. The average molecular weight is 421 g/mol. The molecule has 0 aliphatic heterocycles. The number of methoxy groups -OCH3 is 1. The zero-order valence-electron chi connectivity index (χ0n) is 15.6. The molecule has 2 aromatic rings. The van der Waals surface area contributed by atoms with Gasteiger partial charge >= 0.3 is 12.0 Å². The Balaban J connectivity index is 2.10. The van der Waals surface area contributed by atoms with Crippen molar-refractivity contribution in [2.75, 3.05) is 19.0 Å². The summed E-state index contributed by atoms with van der Waals surface area (Å²) in [6, 6.07) is 12.5. The van der Waals surface area contributed by atoms with Gasteiger partial charge in [-0.05, 0) is 42.0 Å². The Kier molecular flexibility index (Phi) is 8.11. The summed E-state index contributed by atoms with van der Waals surface area (Å²) in [5.74, 6) is -0.583. The van der Waals surface area contributed by atoms with Crippen LogP contribution in [0.4, 0.5) is 10.5 Å². The predicted octanol–water partition coefficient (Wildman–Crippen LogP) is 2.45. The van der Waals surface area contributed by atoms with Gasteiger partial charge in [-0.3, -0.25) is 0 Å². The molecule has 29 heavy (non-hydrogen) atoms. The van der Waals surface area contributed by atoms with E-state index >= 15 is 0 Å². The van der Waals surface area contributed by atoms with Gasteiger partial charge in [-0.15, -0.1) is 0 Å². The van der Waals surface area contributed by atoms with E-state index in [1.54, 1.807) is 43.5 Å². The molecule has 154 valence electrons. The van der Waals surface area contributed by atoms with Crippen LogP contribution in [-0.4, -0.2) is 42.7 Å². The third-order valence-corrected chi connectivity index (χ3v) is 3.97. The van der Waals surface area contributed by atoms with Gasteiger partial charge in [0.2, 0.25) is 6.61 Å². The SMILES string of the molecule is COc1ccc(CC(NC(=O)Nc2ccc(Cl)cc2)/C(N)=N/OCC(=O)O)cc1. The normalized spacial score (nSPS) is 12.0. The molecule has 0 radical (unpaired) electrons. The number of carboxylic acids is 1. The summed E-state index contributed by atoms with van der Waals surface area (Å²) in [4.78, 5) is 27.6. The Labute approximate surface area is 172 Å². The first-order chi connectivity index (χ1) is 13.9. The Bertz CT molecular complexity index is 856. The molecule has 0 aromatic heterocycles. The topological polar surface area (TPSA) is 135 Å². The molecule has 1 unspecified atom stereocenters. The van der Waals surface area contributed by atoms with Gasteiger partial charge in [0.15, 0.2) is 5.84 Å². The van der Waals surface area contributed by atoms with Crippen molar-refractivity contribution in [1.29, 1.82) is 0 Å². The molecule has 0 spiro atoms. The second kappa shape index (κ2) is 10.8. The number of halogens is 1. The van der Waals surface area contributed by atoms with E-state index in [0.29, 0.717) is 22.9 Å². The number of aliphatic carboxylic acids is 1. The summed E-state index contributed by atoms with van der Waals surface area (Å²) in [7, 11) is 1.56. The van der Waals surface area contributed by atoms with E-state index in [1.165, 1.54) is 0 Å². The van der Waals surface area contributed by atoms with Crippen molar-refractivity contribution in [3.63, 3.8) is 0 Å². The number of nitrogens with one attached hydrogen (secondary N) is 2. The maximum atomic E-state index is 12.4. The van der Waals surface area contributed by atoms with Crippen LogP contribution >= 0.6 is 11.6 Å². The molecule has 5 N–H and O–H groups in total. The molecule has 0 bridgehead atoms. The number of oxime groups is 1. The number of nitrogens with two attached hydrogens (primary N) is 1. The van der Waals surface area contributed by atoms with Crippen molar-refractivity contribution >= 4 is 35.1 Å². The highest BCUT2D eigenvalue weighted by molar-refractivity contribution is 6.30. The second-order valence-electron chi connectivity index (χ2n) is 5.89. The number of ether oxygens (including phenoxy) is 1. The van der Waals surface area contributed by atoms with Crippen LogP contribution in [0, 0.1) is 0 Å². The summed E-state index contributed by atoms with van der Waals surface area (Å²) >= 11 is 5.83. The Morgan fingerprint density at radius 1 is 1.17 bits per heavy atom. The second-order valence-corrected chi connectivity index (χ2v) is 6.33. The molecule has 2 aromatic carbocycles. The molecule has 2 amide bonds. The van der Waals surface area contributed by atoms with E-state index in [2.05, 4.69) is 20.6 Å². The summed E-state index contributed by atoms with van der Waals surface area (Å²) in [6.45, 7) is -0.646. The Morgan fingerprint density at radius 2 is 1.83 bits per heavy atom. The maximum Gasteiger partial charge on any atom is 0.344 e. The number of anilines is 1. The summed E-state index contributed by atoms with van der Waals surface area (Å²) < 4.78 is 5.12. The van der Waals surface area contributed by atoms with E-state index in [1.807, 2.05) is 12.1 Å². The van der Waals surface area contributed by atoms with Gasteiger partial charge in [-0.2, -0.15) is 0 Å². The number of carboxylic acid groups (broad SMARTS) is 1. The molecule has 0 saturated heterocycles. The number of benzene rings is 2. The van der Waals surface area contributed by atoms with Gasteiger partial charge in [-0.1, -0.05) is 28.9 Å². The van der Waals surface area contributed by atoms with Crippen molar-refractivity contribution < 1.29 is 24.3 Å². The van der Waals surface area contributed by atoms with Gasteiger partial charge in [0, 0.05) is 17.1 Å². The molecular weight excluding hydrogens is 400 g/mol. The number of amidine groups is 1. The van der Waals surface area contributed by atoms with E-state index < -0.39 is 24.6 Å². The van der Waals surface area contributed by atoms with Crippen LogP contribution in [0.2, 0.25) is 5.02 Å². The zero-order valence-corrected chi connectivity index (χ0v) is 16.3. The fourth-order valence-corrected chi connectivity index (χ4v) is 2.44. The number of amides is 2. The van der Waals surface area contributed by atoms with Gasteiger partial charge in [0.1, 0.15) is 5.75 Å². The Hall–Kier alpha value is -3.46. The first kappa shape index (κ1) is 21.8. The number of carbonyl (C=O) groups excluding carboxylic acids is 1. The lowest BCUT2D eigenvalue weighted by atomic mass is 10.1.